The lowest BCUT2D eigenvalue weighted by Crippen LogP contribution is -2.17. The zero-order valence-electron chi connectivity index (χ0n) is 13.2. The van der Waals surface area contributed by atoms with Gasteiger partial charge in [0.25, 0.3) is 5.22 Å². The van der Waals surface area contributed by atoms with Crippen LogP contribution in [0.5, 0.6) is 0 Å². The van der Waals surface area contributed by atoms with Crippen molar-refractivity contribution in [3.8, 4) is 0 Å². The average molecular weight is 338 g/mol. The smallest absolute Gasteiger partial charge is 0.257 e. The quantitative estimate of drug-likeness (QED) is 0.715. The zero-order valence-corrected chi connectivity index (χ0v) is 14.1. The van der Waals surface area contributed by atoms with E-state index in [-0.39, 0.29) is 11.7 Å². The fourth-order valence-electron chi connectivity index (χ4n) is 3.12. The molecular weight excluding hydrogens is 320 g/mol. The van der Waals surface area contributed by atoms with Gasteiger partial charge in [-0.25, -0.2) is 4.98 Å². The molecule has 0 spiro atoms. The van der Waals surface area contributed by atoms with Crippen molar-refractivity contribution < 1.29 is 9.21 Å². The molecule has 4 rings (SSSR count). The highest BCUT2D eigenvalue weighted by atomic mass is 32.2. The lowest BCUT2D eigenvalue weighted by atomic mass is 9.90. The summed E-state index contributed by atoms with van der Waals surface area (Å²) in [4.78, 5) is 16.7. The van der Waals surface area contributed by atoms with E-state index in [2.05, 4.69) is 16.4 Å². The van der Waals surface area contributed by atoms with Crippen LogP contribution in [0, 0.1) is 0 Å². The van der Waals surface area contributed by atoms with E-state index < -0.39 is 0 Å². The van der Waals surface area contributed by atoms with Crippen LogP contribution >= 0.6 is 11.8 Å². The fraction of sp³-hybridized carbons (Fsp3) is 0.263. The molecule has 1 heterocycles. The Hall–Kier alpha value is -2.27. The van der Waals surface area contributed by atoms with E-state index in [4.69, 9.17) is 4.42 Å². The molecule has 1 aromatic heterocycles. The molecule has 0 bridgehead atoms. The Morgan fingerprint density at radius 1 is 1.12 bits per heavy atom. The summed E-state index contributed by atoms with van der Waals surface area (Å²) in [5.41, 5.74) is 5.18. The number of benzene rings is 2. The highest BCUT2D eigenvalue weighted by Gasteiger charge is 2.15. The lowest BCUT2D eigenvalue weighted by Gasteiger charge is -2.19. The minimum Gasteiger partial charge on any atom is -0.431 e. The van der Waals surface area contributed by atoms with Gasteiger partial charge in [-0.1, -0.05) is 36.0 Å². The van der Waals surface area contributed by atoms with E-state index in [9.17, 15) is 4.79 Å². The molecule has 0 radical (unpaired) electrons. The van der Waals surface area contributed by atoms with E-state index in [1.54, 1.807) is 0 Å². The third-order valence-corrected chi connectivity index (χ3v) is 5.10. The topological polar surface area (TPSA) is 55.1 Å². The minimum absolute atomic E-state index is 0.0266. The van der Waals surface area contributed by atoms with Gasteiger partial charge in [0, 0.05) is 5.69 Å². The second-order valence-electron chi connectivity index (χ2n) is 5.93. The zero-order chi connectivity index (χ0) is 16.4. The average Bonchev–Trinajstić information content (AvgIpc) is 3.03. The molecule has 1 aliphatic carbocycles. The molecule has 122 valence electrons. The second-order valence-corrected chi connectivity index (χ2v) is 6.86. The number of aryl methyl sites for hydroxylation is 1. The first-order chi connectivity index (χ1) is 11.8. The van der Waals surface area contributed by atoms with Gasteiger partial charge in [0.1, 0.15) is 5.52 Å². The maximum absolute atomic E-state index is 12.3. The molecule has 24 heavy (non-hydrogen) atoms. The van der Waals surface area contributed by atoms with Crippen molar-refractivity contribution in [2.45, 2.75) is 30.9 Å². The van der Waals surface area contributed by atoms with Gasteiger partial charge in [0.05, 0.1) is 5.75 Å². The number of anilines is 1. The molecule has 3 aromatic rings. The molecule has 5 heteroatoms. The van der Waals surface area contributed by atoms with Gasteiger partial charge in [-0.15, -0.1) is 0 Å². The van der Waals surface area contributed by atoms with Crippen LogP contribution < -0.4 is 5.32 Å². The summed E-state index contributed by atoms with van der Waals surface area (Å²) < 4.78 is 5.63. The third-order valence-electron chi connectivity index (χ3n) is 4.27. The first-order valence-electron chi connectivity index (χ1n) is 8.18. The standard InChI is InChI=1S/C19H18N2O2S/c22-18(12-24-19-21-16-9-3-4-11-17(16)23-19)20-15-10-5-7-13-6-1-2-8-14(13)15/h3-5,7,9-11H,1-2,6,8,12H2,(H,20,22). The molecule has 0 fully saturated rings. The lowest BCUT2D eigenvalue weighted by molar-refractivity contribution is -0.113. The maximum atomic E-state index is 12.3. The van der Waals surface area contributed by atoms with Crippen LogP contribution in [0.1, 0.15) is 24.0 Å². The number of hydrogen-bond donors (Lipinski definition) is 1. The fourth-order valence-corrected chi connectivity index (χ4v) is 3.76. The summed E-state index contributed by atoms with van der Waals surface area (Å²) in [5, 5.41) is 3.57. The molecule has 0 saturated carbocycles. The molecule has 1 amide bonds. The van der Waals surface area contributed by atoms with Crippen molar-refractivity contribution in [1.82, 2.24) is 4.98 Å². The van der Waals surface area contributed by atoms with Crippen molar-refractivity contribution in [2.24, 2.45) is 0 Å². The number of nitrogens with zero attached hydrogens (tertiary/aromatic N) is 1. The predicted molar refractivity (Wildman–Crippen MR) is 96.4 cm³/mol. The molecule has 0 unspecified atom stereocenters. The number of thioether (sulfide) groups is 1. The number of carbonyl (C=O) groups is 1. The monoisotopic (exact) mass is 338 g/mol. The molecular formula is C19H18N2O2S. The molecule has 0 saturated heterocycles. The molecule has 0 atom stereocenters. The summed E-state index contributed by atoms with van der Waals surface area (Å²) in [5.74, 6) is 0.262. The Bertz CT molecular complexity index is 855. The van der Waals surface area contributed by atoms with Gasteiger partial charge >= 0.3 is 0 Å². The first kappa shape index (κ1) is 15.3. The third kappa shape index (κ3) is 3.17. The SMILES string of the molecule is O=C(CSc1nc2ccccc2o1)Nc1cccc2c1CCCC2. The second kappa shape index (κ2) is 6.69. The van der Waals surface area contributed by atoms with Crippen LogP contribution in [0.25, 0.3) is 11.1 Å². The summed E-state index contributed by atoms with van der Waals surface area (Å²) in [6.07, 6.45) is 4.58. The van der Waals surface area contributed by atoms with Gasteiger partial charge in [0.15, 0.2) is 5.58 Å². The minimum atomic E-state index is -0.0266. The summed E-state index contributed by atoms with van der Waals surface area (Å²) in [6, 6.07) is 13.8. The number of fused-ring (bicyclic) bond motifs is 2. The van der Waals surface area contributed by atoms with Gasteiger partial charge in [-0.05, 0) is 55.0 Å². The highest BCUT2D eigenvalue weighted by Crippen LogP contribution is 2.28. The number of nitrogens with one attached hydrogen (secondary N) is 1. The van der Waals surface area contributed by atoms with E-state index >= 15 is 0 Å². The largest absolute Gasteiger partial charge is 0.431 e. The van der Waals surface area contributed by atoms with Crippen LogP contribution in [-0.4, -0.2) is 16.6 Å². The Balaban J connectivity index is 1.42. The molecule has 1 N–H and O–H groups in total. The normalized spacial score (nSPS) is 13.7. The highest BCUT2D eigenvalue weighted by molar-refractivity contribution is 7.99. The Morgan fingerprint density at radius 2 is 2.00 bits per heavy atom. The molecule has 1 aliphatic rings. The van der Waals surface area contributed by atoms with Crippen molar-refractivity contribution >= 4 is 34.5 Å². The number of para-hydroxylation sites is 2. The summed E-state index contributed by atoms with van der Waals surface area (Å²) >= 11 is 1.32. The van der Waals surface area contributed by atoms with Gasteiger partial charge in [-0.3, -0.25) is 4.79 Å². The van der Waals surface area contributed by atoms with Crippen LogP contribution in [0.4, 0.5) is 5.69 Å². The van der Waals surface area contributed by atoms with E-state index in [0.29, 0.717) is 5.22 Å². The number of hydrogen-bond acceptors (Lipinski definition) is 4. The van der Waals surface area contributed by atoms with E-state index in [1.165, 1.54) is 35.7 Å². The Kier molecular flexibility index (Phi) is 4.26. The summed E-state index contributed by atoms with van der Waals surface area (Å²) in [6.45, 7) is 0. The van der Waals surface area contributed by atoms with E-state index in [1.807, 2.05) is 36.4 Å². The number of oxazole rings is 1. The van der Waals surface area contributed by atoms with Gasteiger partial charge in [-0.2, -0.15) is 0 Å². The first-order valence-corrected chi connectivity index (χ1v) is 9.17. The molecule has 2 aromatic carbocycles. The molecule has 0 aliphatic heterocycles. The van der Waals surface area contributed by atoms with Crippen molar-refractivity contribution in [3.05, 3.63) is 53.6 Å². The van der Waals surface area contributed by atoms with Crippen molar-refractivity contribution in [3.63, 3.8) is 0 Å². The Morgan fingerprint density at radius 3 is 2.92 bits per heavy atom. The number of carbonyl (C=O) groups excluding carboxylic acids is 1. The number of rotatable bonds is 4. The van der Waals surface area contributed by atoms with Crippen LogP contribution in [-0.2, 0) is 17.6 Å². The van der Waals surface area contributed by atoms with Crippen molar-refractivity contribution in [2.75, 3.05) is 11.1 Å². The van der Waals surface area contributed by atoms with Crippen LogP contribution in [0.3, 0.4) is 0 Å². The maximum Gasteiger partial charge on any atom is 0.257 e. The van der Waals surface area contributed by atoms with Gasteiger partial charge < -0.3 is 9.73 Å². The number of aromatic nitrogens is 1. The van der Waals surface area contributed by atoms with Gasteiger partial charge in [0.2, 0.25) is 5.91 Å². The number of amides is 1. The van der Waals surface area contributed by atoms with Crippen LogP contribution in [0.15, 0.2) is 52.1 Å². The van der Waals surface area contributed by atoms with Crippen LogP contribution in [0.2, 0.25) is 0 Å². The van der Waals surface area contributed by atoms with E-state index in [0.717, 1.165) is 29.6 Å². The van der Waals surface area contributed by atoms with Crippen molar-refractivity contribution in [1.29, 1.82) is 0 Å². The predicted octanol–water partition coefficient (Wildman–Crippen LogP) is 4.44. The molecule has 4 nitrogen and oxygen atoms in total. The summed E-state index contributed by atoms with van der Waals surface area (Å²) in [7, 11) is 0. The Labute approximate surface area is 144 Å².